The van der Waals surface area contributed by atoms with E-state index >= 15 is 0 Å². The predicted octanol–water partition coefficient (Wildman–Crippen LogP) is 5.86. The maximum Gasteiger partial charge on any atom is 0.191 e. The minimum atomic E-state index is -0.142. The van der Waals surface area contributed by atoms with Crippen LogP contribution in [0.3, 0.4) is 0 Å². The molecule has 0 saturated carbocycles. The summed E-state index contributed by atoms with van der Waals surface area (Å²) < 4.78 is 0. The Morgan fingerprint density at radius 2 is 1.55 bits per heavy atom. The zero-order valence-electron chi connectivity index (χ0n) is 23.5. The lowest BCUT2D eigenvalue weighted by Gasteiger charge is -2.33. The second-order valence-corrected chi connectivity index (χ2v) is 12.2. The number of benzene rings is 4. The van der Waals surface area contributed by atoms with Gasteiger partial charge in [0.1, 0.15) is 11.4 Å². The number of Topliss-reactive ketones (excluding diaryl/α,β-unsaturated/α-hetero) is 1. The first kappa shape index (κ1) is 24.9. The molecule has 0 saturated heterocycles. The van der Waals surface area contributed by atoms with E-state index in [-0.39, 0.29) is 17.6 Å². The molecule has 4 aromatic carbocycles. The second kappa shape index (κ2) is 9.21. The smallest absolute Gasteiger partial charge is 0.191 e. The maximum atomic E-state index is 13.6. The SMILES string of the molecule is CC(C)CN1c2cccc3cccc(c23)C1/C=C1\C(=O)C(/C=C2\c3cccc4cccc(c34)[NH+]2CC(C)C)=C1[O-]. The number of carbonyl (C=O) groups excluding carboxylic acids is 1. The summed E-state index contributed by atoms with van der Waals surface area (Å²) in [4.78, 5) is 17.2. The molecule has 2 unspecified atom stereocenters. The Hall–Kier alpha value is -4.15. The fraction of sp³-hybridized carbons (Fsp3) is 0.250. The van der Waals surface area contributed by atoms with Gasteiger partial charge in [-0.05, 0) is 40.5 Å². The molecule has 40 heavy (non-hydrogen) atoms. The zero-order valence-corrected chi connectivity index (χ0v) is 23.5. The largest absolute Gasteiger partial charge is 0.871 e. The number of nitrogens with one attached hydrogen (secondary N) is 1. The third-order valence-electron chi connectivity index (χ3n) is 8.49. The molecular weight excluding hydrogens is 492 g/mol. The molecule has 2 aliphatic heterocycles. The molecular formula is C36H34N2O2. The number of hydrogen-bond donors (Lipinski definition) is 1. The van der Waals surface area contributed by atoms with Gasteiger partial charge < -0.3 is 10.0 Å². The van der Waals surface area contributed by atoms with Crippen molar-refractivity contribution in [3.8, 4) is 0 Å². The predicted molar refractivity (Wildman–Crippen MR) is 161 cm³/mol. The first-order chi connectivity index (χ1) is 19.3. The molecule has 0 radical (unpaired) electrons. The van der Waals surface area contributed by atoms with Gasteiger partial charge in [0.25, 0.3) is 0 Å². The van der Waals surface area contributed by atoms with E-state index in [2.05, 4.69) is 105 Å². The Bertz CT molecular complexity index is 1800. The van der Waals surface area contributed by atoms with Crippen molar-refractivity contribution in [2.45, 2.75) is 33.7 Å². The Morgan fingerprint density at radius 3 is 2.25 bits per heavy atom. The van der Waals surface area contributed by atoms with Crippen LogP contribution < -0.4 is 14.9 Å². The van der Waals surface area contributed by atoms with Gasteiger partial charge in [-0.3, -0.25) is 9.69 Å². The van der Waals surface area contributed by atoms with Gasteiger partial charge in [0, 0.05) is 52.4 Å². The minimum absolute atomic E-state index is 0.131. The molecule has 3 aliphatic rings. The molecule has 0 amide bonds. The highest BCUT2D eigenvalue weighted by Gasteiger charge is 2.37. The third-order valence-corrected chi connectivity index (χ3v) is 8.49. The van der Waals surface area contributed by atoms with Gasteiger partial charge in [0.2, 0.25) is 0 Å². The van der Waals surface area contributed by atoms with Crippen molar-refractivity contribution < 1.29 is 14.8 Å². The first-order valence-corrected chi connectivity index (χ1v) is 14.4. The summed E-state index contributed by atoms with van der Waals surface area (Å²) in [6, 6.07) is 25.3. The highest BCUT2D eigenvalue weighted by molar-refractivity contribution is 6.21. The second-order valence-electron chi connectivity index (χ2n) is 12.2. The van der Waals surface area contributed by atoms with Gasteiger partial charge in [-0.1, -0.05) is 88.1 Å². The van der Waals surface area contributed by atoms with Gasteiger partial charge >= 0.3 is 0 Å². The molecule has 2 heterocycles. The number of quaternary nitrogens is 1. The molecule has 0 aromatic heterocycles. The quantitative estimate of drug-likeness (QED) is 0.320. The van der Waals surface area contributed by atoms with E-state index in [1.807, 2.05) is 12.2 Å². The molecule has 0 bridgehead atoms. The fourth-order valence-corrected chi connectivity index (χ4v) is 6.87. The van der Waals surface area contributed by atoms with Crippen LogP contribution in [0.25, 0.3) is 27.2 Å². The van der Waals surface area contributed by atoms with Crippen LogP contribution in [0.5, 0.6) is 0 Å². The normalized spacial score (nSPS) is 21.8. The lowest BCUT2D eigenvalue weighted by molar-refractivity contribution is -0.752. The molecule has 7 rings (SSSR count). The average Bonchev–Trinajstić information content (AvgIpc) is 3.40. The van der Waals surface area contributed by atoms with E-state index in [1.54, 1.807) is 0 Å². The van der Waals surface area contributed by atoms with Crippen molar-refractivity contribution in [2.24, 2.45) is 11.8 Å². The Morgan fingerprint density at radius 1 is 0.875 bits per heavy atom. The van der Waals surface area contributed by atoms with Gasteiger partial charge in [-0.2, -0.15) is 0 Å². The molecule has 4 aromatic rings. The topological polar surface area (TPSA) is 47.8 Å². The monoisotopic (exact) mass is 526 g/mol. The highest BCUT2D eigenvalue weighted by Crippen LogP contribution is 2.46. The lowest BCUT2D eigenvalue weighted by atomic mass is 9.84. The fourth-order valence-electron chi connectivity index (χ4n) is 6.87. The summed E-state index contributed by atoms with van der Waals surface area (Å²) in [6.07, 6.45) is 3.80. The van der Waals surface area contributed by atoms with Crippen LogP contribution in [0, 0.1) is 11.8 Å². The van der Waals surface area contributed by atoms with Crippen molar-refractivity contribution in [1.82, 2.24) is 0 Å². The number of allylic oxidation sites excluding steroid dienone is 3. The van der Waals surface area contributed by atoms with Crippen LogP contribution in [0.1, 0.15) is 44.9 Å². The Balaban J connectivity index is 1.31. The van der Waals surface area contributed by atoms with Gasteiger partial charge in [-0.15, -0.1) is 0 Å². The molecule has 0 spiro atoms. The van der Waals surface area contributed by atoms with Gasteiger partial charge in [-0.25, -0.2) is 0 Å². The standard InChI is InChI=1S/C36H34N2O2/c1-21(2)19-37-29-15-7-11-23-9-5-13-25(33(23)29)31(37)17-27-35(39)28(36(27)40)18-32-26-14-6-10-24-12-8-16-30(34(24)26)38(32)20-22(3)4/h5-18,21-22,31,39H,19-20H2,1-4H3/b27-17-,32-18+. The van der Waals surface area contributed by atoms with Crippen LogP contribution in [-0.2, 0) is 4.79 Å². The number of hydrogen-bond acceptors (Lipinski definition) is 3. The zero-order chi connectivity index (χ0) is 27.7. The summed E-state index contributed by atoms with van der Waals surface area (Å²) in [5, 5.41) is 18.5. The summed E-state index contributed by atoms with van der Waals surface area (Å²) >= 11 is 0. The number of anilines is 1. The van der Waals surface area contributed by atoms with Crippen LogP contribution in [0.15, 0.2) is 102 Å². The van der Waals surface area contributed by atoms with Crippen molar-refractivity contribution >= 4 is 44.4 Å². The van der Waals surface area contributed by atoms with E-state index in [9.17, 15) is 9.90 Å². The number of ketones is 1. The van der Waals surface area contributed by atoms with Gasteiger partial charge in [0.15, 0.2) is 5.78 Å². The number of carbonyl (C=O) groups is 1. The number of nitrogens with zero attached hydrogens (tertiary/aromatic N) is 1. The van der Waals surface area contributed by atoms with E-state index in [1.165, 1.54) is 43.4 Å². The Labute approximate surface area is 235 Å². The van der Waals surface area contributed by atoms with E-state index < -0.39 is 0 Å². The van der Waals surface area contributed by atoms with Crippen molar-refractivity contribution in [1.29, 1.82) is 0 Å². The lowest BCUT2D eigenvalue weighted by Crippen LogP contribution is -3.04. The van der Waals surface area contributed by atoms with Crippen molar-refractivity contribution in [3.63, 3.8) is 0 Å². The third kappa shape index (κ3) is 3.66. The summed E-state index contributed by atoms with van der Waals surface area (Å²) in [7, 11) is 0. The molecule has 4 nitrogen and oxygen atoms in total. The van der Waals surface area contributed by atoms with Gasteiger partial charge in [0.05, 0.1) is 18.0 Å². The maximum absolute atomic E-state index is 13.6. The highest BCUT2D eigenvalue weighted by atomic mass is 16.3. The first-order valence-electron chi connectivity index (χ1n) is 14.4. The molecule has 2 atom stereocenters. The molecule has 1 N–H and O–H groups in total. The molecule has 200 valence electrons. The average molecular weight is 527 g/mol. The summed E-state index contributed by atoms with van der Waals surface area (Å²) in [6.45, 7) is 10.6. The van der Waals surface area contributed by atoms with Crippen LogP contribution in [-0.4, -0.2) is 18.9 Å². The van der Waals surface area contributed by atoms with Crippen LogP contribution >= 0.6 is 0 Å². The number of rotatable bonds is 6. The molecule has 1 aliphatic carbocycles. The summed E-state index contributed by atoms with van der Waals surface area (Å²) in [5.41, 5.74) is 6.33. The van der Waals surface area contributed by atoms with Crippen molar-refractivity contribution in [3.05, 3.63) is 113 Å². The minimum Gasteiger partial charge on any atom is -0.871 e. The van der Waals surface area contributed by atoms with E-state index in [0.29, 0.717) is 23.0 Å². The van der Waals surface area contributed by atoms with Crippen LogP contribution in [0.2, 0.25) is 0 Å². The summed E-state index contributed by atoms with van der Waals surface area (Å²) in [5.74, 6) is 0.607. The molecule has 0 fully saturated rings. The van der Waals surface area contributed by atoms with Crippen LogP contribution in [0.4, 0.5) is 11.4 Å². The molecule has 4 heteroatoms. The Kier molecular flexibility index (Phi) is 5.72. The van der Waals surface area contributed by atoms with E-state index in [4.69, 9.17) is 0 Å². The van der Waals surface area contributed by atoms with E-state index in [0.717, 1.165) is 24.4 Å². The van der Waals surface area contributed by atoms with Crippen molar-refractivity contribution in [2.75, 3.05) is 18.0 Å².